The molecule has 1 atom stereocenters. The van der Waals surface area contributed by atoms with E-state index in [2.05, 4.69) is 40.2 Å². The lowest BCUT2D eigenvalue weighted by Gasteiger charge is -2.37. The van der Waals surface area contributed by atoms with Gasteiger partial charge in [-0.3, -0.25) is 14.3 Å². The van der Waals surface area contributed by atoms with Crippen molar-refractivity contribution in [3.63, 3.8) is 0 Å². The van der Waals surface area contributed by atoms with E-state index in [-0.39, 0.29) is 11.9 Å². The number of carbonyl (C=O) groups excluding carboxylic acids is 1. The van der Waals surface area contributed by atoms with E-state index in [4.69, 9.17) is 16.6 Å². The molecule has 0 aliphatic carbocycles. The second kappa shape index (κ2) is 9.80. The number of amides is 1. The Morgan fingerprint density at radius 1 is 1.15 bits per heavy atom. The molecule has 3 heterocycles. The number of benzene rings is 2. The summed E-state index contributed by atoms with van der Waals surface area (Å²) in [6, 6.07) is 16.0. The molecule has 1 amide bonds. The number of carbonyl (C=O) groups is 1. The maximum Gasteiger partial charge on any atom is 0.233 e. The van der Waals surface area contributed by atoms with Gasteiger partial charge in [-0.1, -0.05) is 41.6 Å². The number of nitrogens with zero attached hydrogens (tertiary/aromatic N) is 6. The monoisotopic (exact) mass is 498 g/mol. The quantitative estimate of drug-likeness (QED) is 0.364. The molecule has 7 nitrogen and oxygen atoms in total. The number of fused-ring (bicyclic) bond motifs is 1. The van der Waals surface area contributed by atoms with E-state index in [1.54, 1.807) is 17.7 Å². The van der Waals surface area contributed by atoms with E-state index in [0.29, 0.717) is 15.9 Å². The number of hydrogen-bond donors (Lipinski definition) is 0. The summed E-state index contributed by atoms with van der Waals surface area (Å²) in [6.45, 7) is 5.32. The van der Waals surface area contributed by atoms with Gasteiger partial charge in [-0.15, -0.1) is 21.5 Å². The van der Waals surface area contributed by atoms with Gasteiger partial charge in [0, 0.05) is 31.2 Å². The molecule has 2 aromatic heterocycles. The number of piperazine rings is 1. The summed E-state index contributed by atoms with van der Waals surface area (Å²) in [5.41, 5.74) is 1.93. The van der Waals surface area contributed by atoms with Crippen LogP contribution in [0.3, 0.4) is 0 Å². The van der Waals surface area contributed by atoms with Gasteiger partial charge in [0.25, 0.3) is 0 Å². The van der Waals surface area contributed by atoms with Crippen LogP contribution in [0.5, 0.6) is 0 Å². The molecular formula is C23H23ClN6OS2. The molecule has 0 bridgehead atoms. The van der Waals surface area contributed by atoms with Crippen molar-refractivity contribution in [1.82, 2.24) is 29.5 Å². The maximum absolute atomic E-state index is 12.9. The predicted octanol–water partition coefficient (Wildman–Crippen LogP) is 4.53. The van der Waals surface area contributed by atoms with Crippen LogP contribution in [0.1, 0.15) is 18.0 Å². The number of thiazole rings is 1. The Labute approximate surface area is 205 Å². The van der Waals surface area contributed by atoms with Crippen LogP contribution in [0.15, 0.2) is 60.0 Å². The molecule has 10 heteroatoms. The van der Waals surface area contributed by atoms with Crippen molar-refractivity contribution in [2.45, 2.75) is 18.1 Å². The normalized spacial score (nSPS) is 15.8. The first kappa shape index (κ1) is 22.3. The molecule has 0 N–H and O–H groups in total. The molecular weight excluding hydrogens is 476 g/mol. The molecule has 1 fully saturated rings. The van der Waals surface area contributed by atoms with Crippen molar-refractivity contribution in [2.24, 2.45) is 0 Å². The Morgan fingerprint density at radius 3 is 2.76 bits per heavy atom. The third kappa shape index (κ3) is 4.91. The summed E-state index contributed by atoms with van der Waals surface area (Å²) in [5, 5.41) is 10.6. The molecule has 1 saturated heterocycles. The summed E-state index contributed by atoms with van der Waals surface area (Å²) < 4.78 is 3.07. The molecule has 1 aliphatic rings. The zero-order valence-corrected chi connectivity index (χ0v) is 20.5. The average Bonchev–Trinajstić information content (AvgIpc) is 3.49. The van der Waals surface area contributed by atoms with Crippen molar-refractivity contribution in [3.05, 3.63) is 64.9 Å². The molecule has 0 spiro atoms. The highest BCUT2D eigenvalue weighted by Gasteiger charge is 2.26. The van der Waals surface area contributed by atoms with Gasteiger partial charge in [0.15, 0.2) is 5.16 Å². The Balaban J connectivity index is 1.16. The van der Waals surface area contributed by atoms with Crippen molar-refractivity contribution in [3.8, 4) is 5.69 Å². The van der Waals surface area contributed by atoms with Crippen LogP contribution in [-0.4, -0.2) is 67.4 Å². The number of rotatable bonds is 6. The second-order valence-electron chi connectivity index (χ2n) is 7.86. The zero-order valence-electron chi connectivity index (χ0n) is 18.1. The first-order valence-electron chi connectivity index (χ1n) is 10.7. The van der Waals surface area contributed by atoms with E-state index in [9.17, 15) is 4.79 Å². The summed E-state index contributed by atoms with van der Waals surface area (Å²) >= 11 is 9.26. The van der Waals surface area contributed by atoms with E-state index < -0.39 is 0 Å². The maximum atomic E-state index is 12.9. The highest BCUT2D eigenvalue weighted by Crippen LogP contribution is 2.30. The minimum atomic E-state index is 0.118. The minimum Gasteiger partial charge on any atom is -0.339 e. The Morgan fingerprint density at radius 2 is 1.97 bits per heavy atom. The van der Waals surface area contributed by atoms with E-state index in [1.165, 1.54) is 16.5 Å². The molecule has 0 radical (unpaired) electrons. The lowest BCUT2D eigenvalue weighted by molar-refractivity contribution is -0.130. The molecule has 33 heavy (non-hydrogen) atoms. The van der Waals surface area contributed by atoms with Gasteiger partial charge in [-0.25, -0.2) is 4.98 Å². The lowest BCUT2D eigenvalue weighted by Crippen LogP contribution is -2.49. The topological polar surface area (TPSA) is 67.2 Å². The number of thioether (sulfide) groups is 1. The zero-order chi connectivity index (χ0) is 22.8. The van der Waals surface area contributed by atoms with Gasteiger partial charge in [0.2, 0.25) is 5.91 Å². The molecule has 5 rings (SSSR count). The molecule has 170 valence electrons. The Bertz CT molecular complexity index is 1230. The van der Waals surface area contributed by atoms with Gasteiger partial charge in [-0.2, -0.15) is 0 Å². The Hall–Kier alpha value is -2.46. The van der Waals surface area contributed by atoms with Gasteiger partial charge >= 0.3 is 0 Å². The standard InChI is InChI=1S/C23H23ClN6OS2/c1-16(22-26-19-7-2-3-8-20(19)33-22)28-9-11-29(12-10-28)21(31)14-32-23-27-25-15-30(23)18-6-4-5-17(24)13-18/h2-8,13,15-16H,9-12,14H2,1H3/t16-/m1/s1. The van der Waals surface area contributed by atoms with Gasteiger partial charge < -0.3 is 4.90 Å². The van der Waals surface area contributed by atoms with Crippen molar-refractivity contribution in [1.29, 1.82) is 0 Å². The predicted molar refractivity (Wildman–Crippen MR) is 133 cm³/mol. The van der Waals surface area contributed by atoms with Crippen molar-refractivity contribution < 1.29 is 4.79 Å². The van der Waals surface area contributed by atoms with Crippen LogP contribution in [-0.2, 0) is 4.79 Å². The highest BCUT2D eigenvalue weighted by molar-refractivity contribution is 7.99. The molecule has 2 aromatic carbocycles. The van der Waals surface area contributed by atoms with Crippen LogP contribution < -0.4 is 0 Å². The van der Waals surface area contributed by atoms with Crippen LogP contribution in [0.2, 0.25) is 5.02 Å². The van der Waals surface area contributed by atoms with Gasteiger partial charge in [0.1, 0.15) is 11.3 Å². The fourth-order valence-corrected chi connectivity index (χ4v) is 6.00. The number of hydrogen-bond acceptors (Lipinski definition) is 7. The Kier molecular flexibility index (Phi) is 6.64. The SMILES string of the molecule is C[C@H](c1nc2ccccc2s1)N1CCN(C(=O)CSc2nncn2-c2cccc(Cl)c2)CC1. The second-order valence-corrected chi connectivity index (χ2v) is 10.3. The first-order valence-corrected chi connectivity index (χ1v) is 12.9. The first-order chi connectivity index (χ1) is 16.1. The number of para-hydroxylation sites is 1. The number of halogens is 1. The largest absolute Gasteiger partial charge is 0.339 e. The average molecular weight is 499 g/mol. The fourth-order valence-electron chi connectivity index (χ4n) is 3.93. The fraction of sp³-hybridized carbons (Fsp3) is 0.304. The van der Waals surface area contributed by atoms with Crippen LogP contribution in [0, 0.1) is 0 Å². The van der Waals surface area contributed by atoms with E-state index >= 15 is 0 Å². The third-order valence-electron chi connectivity index (χ3n) is 5.81. The summed E-state index contributed by atoms with van der Waals surface area (Å²) in [7, 11) is 0. The van der Waals surface area contributed by atoms with Crippen LogP contribution >= 0.6 is 34.7 Å². The minimum absolute atomic E-state index is 0.118. The molecule has 4 aromatic rings. The molecule has 0 saturated carbocycles. The third-order valence-corrected chi connectivity index (χ3v) is 8.18. The highest BCUT2D eigenvalue weighted by atomic mass is 35.5. The van der Waals surface area contributed by atoms with Gasteiger partial charge in [-0.05, 0) is 37.3 Å². The smallest absolute Gasteiger partial charge is 0.233 e. The van der Waals surface area contributed by atoms with E-state index in [1.807, 2.05) is 39.8 Å². The molecule has 0 unspecified atom stereocenters. The lowest BCUT2D eigenvalue weighted by atomic mass is 10.2. The summed E-state index contributed by atoms with van der Waals surface area (Å²) in [4.78, 5) is 22.0. The summed E-state index contributed by atoms with van der Waals surface area (Å²) in [5.74, 6) is 0.445. The van der Waals surface area contributed by atoms with E-state index in [0.717, 1.165) is 42.4 Å². The van der Waals surface area contributed by atoms with Crippen molar-refractivity contribution >= 4 is 50.8 Å². The number of aromatic nitrogens is 4. The van der Waals surface area contributed by atoms with Crippen LogP contribution in [0.25, 0.3) is 15.9 Å². The van der Waals surface area contributed by atoms with Crippen LogP contribution in [0.4, 0.5) is 0 Å². The van der Waals surface area contributed by atoms with Crippen molar-refractivity contribution in [2.75, 3.05) is 31.9 Å². The molecule has 1 aliphatic heterocycles. The summed E-state index contributed by atoms with van der Waals surface area (Å²) in [6.07, 6.45) is 1.64. The van der Waals surface area contributed by atoms with Gasteiger partial charge in [0.05, 0.1) is 27.7 Å².